The van der Waals surface area contributed by atoms with Crippen LogP contribution in [0.3, 0.4) is 0 Å². The van der Waals surface area contributed by atoms with Gasteiger partial charge in [0.25, 0.3) is 5.91 Å². The summed E-state index contributed by atoms with van der Waals surface area (Å²) in [6, 6.07) is 3.87. The van der Waals surface area contributed by atoms with Crippen molar-refractivity contribution in [2.45, 2.75) is 52.4 Å². The molecule has 4 aliphatic carbocycles. The maximum Gasteiger partial charge on any atom is 0.261 e. The summed E-state index contributed by atoms with van der Waals surface area (Å²) in [6.07, 6.45) is 8.21. The van der Waals surface area contributed by atoms with Crippen molar-refractivity contribution in [1.29, 1.82) is 0 Å². The van der Waals surface area contributed by atoms with Gasteiger partial charge in [0.15, 0.2) is 0 Å². The van der Waals surface area contributed by atoms with E-state index < -0.39 is 0 Å². The van der Waals surface area contributed by atoms with Crippen LogP contribution >= 0.6 is 11.3 Å². The summed E-state index contributed by atoms with van der Waals surface area (Å²) in [5.41, 5.74) is 1.43. The first-order valence-electron chi connectivity index (χ1n) is 8.21. The molecule has 1 aromatic heterocycles. The minimum atomic E-state index is 0.121. The molecule has 1 amide bonds. The zero-order chi connectivity index (χ0) is 14.7. The molecule has 0 unspecified atom stereocenters. The van der Waals surface area contributed by atoms with Crippen LogP contribution in [0.5, 0.6) is 0 Å². The van der Waals surface area contributed by atoms with Crippen molar-refractivity contribution in [3.05, 3.63) is 22.4 Å². The molecular weight excluding hydrogens is 278 g/mol. The van der Waals surface area contributed by atoms with Crippen LogP contribution in [0.25, 0.3) is 0 Å². The van der Waals surface area contributed by atoms with Crippen LogP contribution in [0, 0.1) is 22.2 Å². The monoisotopic (exact) mass is 303 g/mol. The lowest BCUT2D eigenvalue weighted by molar-refractivity contribution is -0.142. The van der Waals surface area contributed by atoms with E-state index in [1.54, 1.807) is 0 Å². The molecule has 0 saturated heterocycles. The summed E-state index contributed by atoms with van der Waals surface area (Å²) in [5.74, 6) is 1.02. The molecule has 4 aliphatic rings. The minimum absolute atomic E-state index is 0.121. The van der Waals surface area contributed by atoms with Crippen LogP contribution < -0.4 is 5.32 Å². The lowest BCUT2D eigenvalue weighted by Gasteiger charge is -2.65. The zero-order valence-electron chi connectivity index (χ0n) is 13.1. The summed E-state index contributed by atoms with van der Waals surface area (Å²) in [4.78, 5) is 13.1. The van der Waals surface area contributed by atoms with Gasteiger partial charge in [-0.25, -0.2) is 0 Å². The number of amides is 1. The van der Waals surface area contributed by atoms with E-state index in [1.807, 2.05) is 17.5 Å². The van der Waals surface area contributed by atoms with Gasteiger partial charge in [-0.05, 0) is 72.1 Å². The summed E-state index contributed by atoms with van der Waals surface area (Å²) < 4.78 is 0. The molecule has 0 radical (unpaired) electrons. The van der Waals surface area contributed by atoms with Gasteiger partial charge in [0.2, 0.25) is 0 Å². The average Bonchev–Trinajstić information content (AvgIpc) is 2.85. The Morgan fingerprint density at radius 3 is 2.52 bits per heavy atom. The third-order valence-corrected chi connectivity index (χ3v) is 6.98. The van der Waals surface area contributed by atoms with E-state index in [9.17, 15) is 4.79 Å². The van der Waals surface area contributed by atoms with Gasteiger partial charge >= 0.3 is 0 Å². The van der Waals surface area contributed by atoms with E-state index >= 15 is 0 Å². The smallest absolute Gasteiger partial charge is 0.261 e. The van der Waals surface area contributed by atoms with E-state index in [2.05, 4.69) is 19.2 Å². The molecule has 0 aliphatic heterocycles. The third kappa shape index (κ3) is 2.34. The molecule has 2 atom stereocenters. The topological polar surface area (TPSA) is 29.1 Å². The minimum Gasteiger partial charge on any atom is -0.351 e. The fourth-order valence-corrected chi connectivity index (χ4v) is 7.28. The molecule has 5 rings (SSSR count). The van der Waals surface area contributed by atoms with Crippen molar-refractivity contribution in [2.75, 3.05) is 6.54 Å². The maximum absolute atomic E-state index is 12.3. The summed E-state index contributed by atoms with van der Waals surface area (Å²) in [7, 11) is 0. The molecule has 4 bridgehead atoms. The number of rotatable bonds is 3. The molecule has 1 N–H and O–H groups in total. The molecule has 0 aromatic carbocycles. The highest BCUT2D eigenvalue weighted by atomic mass is 32.1. The first kappa shape index (κ1) is 13.8. The second-order valence-corrected chi connectivity index (χ2v) is 9.74. The largest absolute Gasteiger partial charge is 0.351 e. The highest BCUT2D eigenvalue weighted by Crippen LogP contribution is 2.69. The van der Waals surface area contributed by atoms with Crippen molar-refractivity contribution < 1.29 is 4.79 Å². The van der Waals surface area contributed by atoms with E-state index in [-0.39, 0.29) is 5.91 Å². The van der Waals surface area contributed by atoms with Gasteiger partial charge in [-0.3, -0.25) is 4.79 Å². The summed E-state index contributed by atoms with van der Waals surface area (Å²) >= 11 is 1.53. The van der Waals surface area contributed by atoms with E-state index in [0.717, 1.165) is 17.3 Å². The Bertz CT molecular complexity index is 546. The average molecular weight is 303 g/mol. The Kier molecular flexibility index (Phi) is 2.86. The van der Waals surface area contributed by atoms with Crippen molar-refractivity contribution in [3.63, 3.8) is 0 Å². The number of nitrogens with one attached hydrogen (secondary N) is 1. The van der Waals surface area contributed by atoms with Crippen LogP contribution in [0.4, 0.5) is 0 Å². The number of carbonyl (C=O) groups is 1. The van der Waals surface area contributed by atoms with Crippen molar-refractivity contribution >= 4 is 17.2 Å². The maximum atomic E-state index is 12.3. The Hall–Kier alpha value is -0.830. The fraction of sp³-hybridized carbons (Fsp3) is 0.722. The Morgan fingerprint density at radius 2 is 1.95 bits per heavy atom. The first-order valence-corrected chi connectivity index (χ1v) is 9.09. The normalized spacial score (nSPS) is 44.0. The second-order valence-electron chi connectivity index (χ2n) is 8.79. The van der Waals surface area contributed by atoms with Crippen molar-refractivity contribution in [3.8, 4) is 0 Å². The summed E-state index contributed by atoms with van der Waals surface area (Å²) in [5, 5.41) is 5.22. The van der Waals surface area contributed by atoms with Gasteiger partial charge in [-0.15, -0.1) is 11.3 Å². The zero-order valence-corrected chi connectivity index (χ0v) is 13.9. The first-order chi connectivity index (χ1) is 9.90. The van der Waals surface area contributed by atoms with Crippen LogP contribution in [0.2, 0.25) is 0 Å². The predicted octanol–water partition coefficient (Wildman–Crippen LogP) is 4.47. The van der Waals surface area contributed by atoms with Gasteiger partial charge in [-0.2, -0.15) is 0 Å². The van der Waals surface area contributed by atoms with E-state index in [4.69, 9.17) is 0 Å². The SMILES string of the molecule is C[C@]12CC3CC(CNC(=O)c4cccs4)(C1)C[C@](C)(C3)C2. The van der Waals surface area contributed by atoms with Crippen LogP contribution in [0.15, 0.2) is 17.5 Å². The molecule has 4 fully saturated rings. The van der Waals surface area contributed by atoms with Gasteiger partial charge < -0.3 is 5.32 Å². The number of hydrogen-bond acceptors (Lipinski definition) is 2. The van der Waals surface area contributed by atoms with Crippen molar-refractivity contribution in [1.82, 2.24) is 5.32 Å². The van der Waals surface area contributed by atoms with Crippen LogP contribution in [0.1, 0.15) is 62.0 Å². The quantitative estimate of drug-likeness (QED) is 0.876. The van der Waals surface area contributed by atoms with Crippen molar-refractivity contribution in [2.24, 2.45) is 22.2 Å². The predicted molar refractivity (Wildman–Crippen MR) is 86.5 cm³/mol. The Morgan fingerprint density at radius 1 is 1.24 bits per heavy atom. The lowest BCUT2D eigenvalue weighted by atomic mass is 9.40. The summed E-state index contributed by atoms with van der Waals surface area (Å²) in [6.45, 7) is 5.86. The molecule has 0 spiro atoms. The molecular formula is C18H25NOS. The fourth-order valence-electron chi connectivity index (χ4n) is 6.64. The van der Waals surface area contributed by atoms with Crippen LogP contribution in [-0.2, 0) is 0 Å². The standard InChI is InChI=1S/C18H25NOS/c1-16-6-13-7-17(2,9-16)11-18(8-13,10-16)12-19-15(20)14-4-3-5-21-14/h3-5,13H,6-12H2,1-2H3,(H,19,20)/t13?,16-,17-,18?/m1/s1. The van der Waals surface area contributed by atoms with Crippen LogP contribution in [-0.4, -0.2) is 12.5 Å². The Balaban J connectivity index is 1.51. The molecule has 21 heavy (non-hydrogen) atoms. The Labute approximate surface area is 131 Å². The van der Waals surface area contributed by atoms with E-state index in [0.29, 0.717) is 16.2 Å². The van der Waals surface area contributed by atoms with Gasteiger partial charge in [0.05, 0.1) is 4.88 Å². The second kappa shape index (κ2) is 4.34. The molecule has 1 aromatic rings. The third-order valence-electron chi connectivity index (χ3n) is 6.11. The van der Waals surface area contributed by atoms with Gasteiger partial charge in [-0.1, -0.05) is 19.9 Å². The number of hydrogen-bond donors (Lipinski definition) is 1. The number of carbonyl (C=O) groups excluding carboxylic acids is 1. The number of thiophene rings is 1. The highest BCUT2D eigenvalue weighted by molar-refractivity contribution is 7.12. The molecule has 3 heteroatoms. The molecule has 1 heterocycles. The molecule has 2 nitrogen and oxygen atoms in total. The highest BCUT2D eigenvalue weighted by Gasteiger charge is 2.59. The molecule has 4 saturated carbocycles. The van der Waals surface area contributed by atoms with Gasteiger partial charge in [0, 0.05) is 6.54 Å². The molecule has 114 valence electrons. The van der Waals surface area contributed by atoms with Gasteiger partial charge in [0.1, 0.15) is 0 Å². The van der Waals surface area contributed by atoms with E-state index in [1.165, 1.54) is 49.9 Å². The lowest BCUT2D eigenvalue weighted by Crippen LogP contribution is -2.58.